The minimum atomic E-state index is -0.474. The maximum Gasteiger partial charge on any atom is 0.302 e. The first kappa shape index (κ1) is 24.3. The second-order valence-corrected chi connectivity index (χ2v) is 12.2. The van der Waals surface area contributed by atoms with Crippen LogP contribution in [-0.4, -0.2) is 34.2 Å². The highest BCUT2D eigenvalue weighted by atomic mass is 79.9. The van der Waals surface area contributed by atoms with E-state index in [0.717, 1.165) is 51.4 Å². The molecular weight excluding hydrogens is 472 g/mol. The predicted octanol–water partition coefficient (Wildman–Crippen LogP) is 5.86. The summed E-state index contributed by atoms with van der Waals surface area (Å²) >= 11 is 3.81. The highest BCUT2D eigenvalue weighted by Gasteiger charge is 2.63. The third kappa shape index (κ3) is 4.09. The van der Waals surface area contributed by atoms with Gasteiger partial charge in [-0.3, -0.25) is 4.79 Å². The molecule has 3 fully saturated rings. The zero-order valence-corrected chi connectivity index (χ0v) is 21.5. The van der Waals surface area contributed by atoms with Crippen molar-refractivity contribution in [2.24, 2.45) is 28.6 Å². The lowest BCUT2D eigenvalue weighted by Gasteiger charge is -2.58. The van der Waals surface area contributed by atoms with Crippen molar-refractivity contribution in [1.82, 2.24) is 0 Å². The third-order valence-electron chi connectivity index (χ3n) is 9.10. The summed E-state index contributed by atoms with van der Waals surface area (Å²) in [6.07, 6.45) is 9.11. The van der Waals surface area contributed by atoms with E-state index >= 15 is 0 Å². The van der Waals surface area contributed by atoms with Crippen molar-refractivity contribution in [3.63, 3.8) is 0 Å². The second kappa shape index (κ2) is 9.07. The Bertz CT molecular complexity index is 780. The molecule has 3 saturated carbocycles. The van der Waals surface area contributed by atoms with E-state index in [1.807, 2.05) is 0 Å². The van der Waals surface area contributed by atoms with Crippen LogP contribution in [0, 0.1) is 28.6 Å². The highest BCUT2D eigenvalue weighted by Crippen LogP contribution is 2.66. The number of aliphatic hydroxyl groups is 1. The first-order chi connectivity index (χ1) is 15.1. The summed E-state index contributed by atoms with van der Waals surface area (Å²) in [6.45, 7) is 12.2. The van der Waals surface area contributed by atoms with E-state index in [4.69, 9.17) is 14.5 Å². The number of carbonyl (C=O) groups is 1. The average Bonchev–Trinajstić information content (AvgIpc) is 2.97. The molecule has 32 heavy (non-hydrogen) atoms. The molecule has 4 rings (SSSR count). The van der Waals surface area contributed by atoms with E-state index in [9.17, 15) is 9.90 Å². The normalized spacial score (nSPS) is 45.2. The van der Waals surface area contributed by atoms with Gasteiger partial charge in [-0.15, -0.1) is 0 Å². The van der Waals surface area contributed by atoms with Crippen molar-refractivity contribution in [2.45, 2.75) is 102 Å². The fourth-order valence-corrected chi connectivity index (χ4v) is 8.58. The van der Waals surface area contributed by atoms with E-state index in [-0.39, 0.29) is 39.8 Å². The Hall–Kier alpha value is -0.850. The summed E-state index contributed by atoms with van der Waals surface area (Å²) < 4.78 is 5.80. The lowest BCUT2D eigenvalue weighted by Crippen LogP contribution is -2.55. The Morgan fingerprint density at radius 1 is 1.28 bits per heavy atom. The van der Waals surface area contributed by atoms with Gasteiger partial charge in [0.05, 0.1) is 10.9 Å². The van der Waals surface area contributed by atoms with Crippen LogP contribution in [0.4, 0.5) is 0 Å². The number of alkyl halides is 1. The number of esters is 1. The number of carbonyl (C=O) groups excluding carboxylic acids is 1. The first-order valence-corrected chi connectivity index (χ1v) is 13.2. The van der Waals surface area contributed by atoms with E-state index in [1.54, 1.807) is 0 Å². The number of hydrogen-bond acceptors (Lipinski definition) is 5. The molecule has 0 saturated heterocycles. The standard InChI is InChI=1S/C26H39BrO5/c1-6-7-15(2)31-32-18-8-10-25(4)17(12-18)13-22(29)23-19(25)9-11-26(5)20(23)14-21(27)24(26)30-16(3)28/h13,18-24,29H,2,6-12,14H2,1,3-5H3/t18-,19?,20?,21+,22?,23?,24-,25-,26-/m0/s1. The van der Waals surface area contributed by atoms with Gasteiger partial charge in [-0.25, -0.2) is 0 Å². The molecule has 0 heterocycles. The summed E-state index contributed by atoms with van der Waals surface area (Å²) in [5.74, 6) is 1.42. The van der Waals surface area contributed by atoms with Crippen molar-refractivity contribution < 1.29 is 24.4 Å². The van der Waals surface area contributed by atoms with Crippen molar-refractivity contribution in [3.8, 4) is 0 Å². The predicted molar refractivity (Wildman–Crippen MR) is 127 cm³/mol. The zero-order chi connectivity index (χ0) is 23.3. The molecule has 180 valence electrons. The third-order valence-corrected chi connectivity index (χ3v) is 9.96. The molecule has 0 amide bonds. The maximum absolute atomic E-state index is 11.8. The number of hydrogen-bond donors (Lipinski definition) is 1. The Morgan fingerprint density at radius 3 is 2.72 bits per heavy atom. The molecule has 0 radical (unpaired) electrons. The molecule has 0 aromatic rings. The van der Waals surface area contributed by atoms with Crippen LogP contribution in [0.3, 0.4) is 0 Å². The minimum Gasteiger partial charge on any atom is -0.461 e. The van der Waals surface area contributed by atoms with Gasteiger partial charge in [0, 0.05) is 18.8 Å². The average molecular weight is 511 g/mol. The fourth-order valence-electron chi connectivity index (χ4n) is 7.47. The summed E-state index contributed by atoms with van der Waals surface area (Å²) in [4.78, 5) is 23.1. The number of rotatable bonds is 6. The Morgan fingerprint density at radius 2 is 2.03 bits per heavy atom. The molecule has 4 aliphatic rings. The van der Waals surface area contributed by atoms with Crippen LogP contribution in [-0.2, 0) is 19.3 Å². The summed E-state index contributed by atoms with van der Waals surface area (Å²) in [5.41, 5.74) is 1.30. The Kier molecular flexibility index (Phi) is 6.88. The van der Waals surface area contributed by atoms with Gasteiger partial charge in [-0.2, -0.15) is 4.89 Å². The van der Waals surface area contributed by atoms with E-state index < -0.39 is 6.10 Å². The monoisotopic (exact) mass is 510 g/mol. The van der Waals surface area contributed by atoms with Gasteiger partial charge < -0.3 is 14.7 Å². The van der Waals surface area contributed by atoms with Crippen molar-refractivity contribution in [1.29, 1.82) is 0 Å². The van der Waals surface area contributed by atoms with Crippen LogP contribution in [0.5, 0.6) is 0 Å². The quantitative estimate of drug-likeness (QED) is 0.121. The molecule has 0 bridgehead atoms. The molecule has 1 N–H and O–H groups in total. The van der Waals surface area contributed by atoms with Gasteiger partial charge in [0.2, 0.25) is 0 Å². The second-order valence-electron chi connectivity index (χ2n) is 11.0. The van der Waals surface area contributed by atoms with Gasteiger partial charge in [-0.05, 0) is 68.1 Å². The number of allylic oxidation sites excluding steroid dienone is 1. The SMILES string of the molecule is C=C(CCC)OO[C@H]1CC[C@@]2(C)C(=CC(O)C3C2CC[C@@]2(C)C3C[C@@H](Br)[C@@H]2OC(C)=O)C1. The van der Waals surface area contributed by atoms with Crippen molar-refractivity contribution in [2.75, 3.05) is 0 Å². The molecule has 0 aromatic heterocycles. The molecule has 5 nitrogen and oxygen atoms in total. The number of fused-ring (bicyclic) bond motifs is 5. The van der Waals surface area contributed by atoms with Crippen LogP contribution in [0.2, 0.25) is 0 Å². The summed E-state index contributed by atoms with van der Waals surface area (Å²) in [7, 11) is 0. The van der Waals surface area contributed by atoms with Crippen molar-refractivity contribution >= 4 is 21.9 Å². The van der Waals surface area contributed by atoms with Crippen LogP contribution in [0.15, 0.2) is 24.0 Å². The number of halogens is 1. The molecule has 9 atom stereocenters. The molecule has 0 aromatic carbocycles. The molecule has 4 aliphatic carbocycles. The lowest BCUT2D eigenvalue weighted by molar-refractivity contribution is -0.301. The molecule has 0 aliphatic heterocycles. The van der Waals surface area contributed by atoms with Crippen LogP contribution >= 0.6 is 15.9 Å². The lowest BCUT2D eigenvalue weighted by atomic mass is 9.47. The van der Waals surface area contributed by atoms with Gasteiger partial charge in [-0.1, -0.05) is 54.9 Å². The van der Waals surface area contributed by atoms with Crippen LogP contribution < -0.4 is 0 Å². The largest absolute Gasteiger partial charge is 0.461 e. The molecule has 0 spiro atoms. The molecule has 6 heteroatoms. The van der Waals surface area contributed by atoms with E-state index in [2.05, 4.69) is 49.4 Å². The first-order valence-electron chi connectivity index (χ1n) is 12.3. The molecular formula is C26H39BrO5. The van der Waals surface area contributed by atoms with E-state index in [0.29, 0.717) is 17.6 Å². The van der Waals surface area contributed by atoms with Crippen LogP contribution in [0.25, 0.3) is 0 Å². The zero-order valence-electron chi connectivity index (χ0n) is 19.9. The fraction of sp³-hybridized carbons (Fsp3) is 0.808. The van der Waals surface area contributed by atoms with E-state index in [1.165, 1.54) is 12.5 Å². The minimum absolute atomic E-state index is 0.00675. The van der Waals surface area contributed by atoms with Crippen molar-refractivity contribution in [3.05, 3.63) is 24.0 Å². The van der Waals surface area contributed by atoms with Gasteiger partial charge in [0.25, 0.3) is 0 Å². The number of ether oxygens (including phenoxy) is 1. The van der Waals surface area contributed by atoms with Crippen LogP contribution in [0.1, 0.15) is 79.1 Å². The summed E-state index contributed by atoms with van der Waals surface area (Å²) in [6, 6.07) is 0. The molecule has 4 unspecified atom stereocenters. The van der Waals surface area contributed by atoms with Gasteiger partial charge >= 0.3 is 5.97 Å². The van der Waals surface area contributed by atoms with Gasteiger partial charge in [0.1, 0.15) is 18.0 Å². The Labute approximate surface area is 201 Å². The smallest absolute Gasteiger partial charge is 0.302 e. The van der Waals surface area contributed by atoms with Gasteiger partial charge in [0.15, 0.2) is 0 Å². The topological polar surface area (TPSA) is 65.0 Å². The maximum atomic E-state index is 11.8. The summed E-state index contributed by atoms with van der Waals surface area (Å²) in [5, 5.41) is 11.4. The highest BCUT2D eigenvalue weighted by molar-refractivity contribution is 9.09. The Balaban J connectivity index is 1.53. The number of aliphatic hydroxyl groups excluding tert-OH is 1.